The van der Waals surface area contributed by atoms with E-state index in [2.05, 4.69) is 37.3 Å². The van der Waals surface area contributed by atoms with Gasteiger partial charge in [-0.15, -0.1) is 0 Å². The molecule has 0 aliphatic heterocycles. The summed E-state index contributed by atoms with van der Waals surface area (Å²) in [5, 5.41) is 8.89. The highest BCUT2D eigenvalue weighted by molar-refractivity contribution is 5.33. The van der Waals surface area contributed by atoms with Crippen LogP contribution in [0.4, 0.5) is 0 Å². The fraction of sp³-hybridized carbons (Fsp3) is 0.500. The Bertz CT molecular complexity index is 219. The molecule has 1 unspecified atom stereocenters. The second-order valence-electron chi connectivity index (χ2n) is 3.43. The van der Waals surface area contributed by atoms with Crippen molar-refractivity contribution < 1.29 is 5.11 Å². The van der Waals surface area contributed by atoms with Gasteiger partial charge in [0, 0.05) is 12.5 Å². The number of aliphatic hydroxyl groups excluding tert-OH is 1. The molecule has 1 N–H and O–H groups in total. The van der Waals surface area contributed by atoms with Gasteiger partial charge in [0.25, 0.3) is 0 Å². The van der Waals surface area contributed by atoms with Crippen LogP contribution in [0.3, 0.4) is 0 Å². The lowest BCUT2D eigenvalue weighted by atomic mass is 9.97. The molecule has 1 atom stereocenters. The molecule has 0 spiro atoms. The Balaban J connectivity index is 2.38. The molecule has 0 aromatic rings. The molecule has 0 radical (unpaired) electrons. The summed E-state index contributed by atoms with van der Waals surface area (Å²) < 4.78 is 0. The van der Waals surface area contributed by atoms with Crippen LogP contribution < -0.4 is 0 Å². The summed E-state index contributed by atoms with van der Waals surface area (Å²) in [5.74, 6) is 0.336. The van der Waals surface area contributed by atoms with Crippen LogP contribution in [0.1, 0.15) is 26.2 Å². The molecular weight excluding hydrogens is 160 g/mol. The molecule has 0 bridgehead atoms. The summed E-state index contributed by atoms with van der Waals surface area (Å²) >= 11 is 0. The lowest BCUT2D eigenvalue weighted by Crippen LogP contribution is -2.03. The van der Waals surface area contributed by atoms with E-state index in [1.165, 1.54) is 12.0 Å². The second-order valence-corrected chi connectivity index (χ2v) is 3.43. The molecule has 0 saturated carbocycles. The number of hydrogen-bond acceptors (Lipinski definition) is 1. The van der Waals surface area contributed by atoms with Crippen LogP contribution in [-0.4, -0.2) is 11.7 Å². The third-order valence-corrected chi connectivity index (χ3v) is 2.22. The number of hydrogen-bond donors (Lipinski definition) is 1. The smallest absolute Gasteiger partial charge is 0.0496 e. The van der Waals surface area contributed by atoms with Gasteiger partial charge < -0.3 is 5.11 Å². The van der Waals surface area contributed by atoms with Crippen LogP contribution in [0.25, 0.3) is 0 Å². The molecule has 0 fully saturated rings. The van der Waals surface area contributed by atoms with Crippen molar-refractivity contribution in [2.45, 2.75) is 26.2 Å². The SMILES string of the molecule is CCC/C=C\C1=CCC(CO)C=C1. The van der Waals surface area contributed by atoms with Crippen LogP contribution in [0.2, 0.25) is 0 Å². The van der Waals surface area contributed by atoms with Crippen LogP contribution in [0.15, 0.2) is 36.0 Å². The van der Waals surface area contributed by atoms with Gasteiger partial charge in [-0.05, 0) is 18.4 Å². The van der Waals surface area contributed by atoms with Gasteiger partial charge in [-0.2, -0.15) is 0 Å². The van der Waals surface area contributed by atoms with Gasteiger partial charge in [-0.3, -0.25) is 0 Å². The van der Waals surface area contributed by atoms with Crippen LogP contribution >= 0.6 is 0 Å². The first-order valence-corrected chi connectivity index (χ1v) is 5.02. The van der Waals surface area contributed by atoms with E-state index in [9.17, 15) is 0 Å². The summed E-state index contributed by atoms with van der Waals surface area (Å²) in [7, 11) is 0. The summed E-state index contributed by atoms with van der Waals surface area (Å²) in [5.41, 5.74) is 1.28. The van der Waals surface area contributed by atoms with E-state index in [1.807, 2.05) is 0 Å². The maximum atomic E-state index is 8.89. The molecule has 1 aliphatic carbocycles. The fourth-order valence-electron chi connectivity index (χ4n) is 1.33. The predicted octanol–water partition coefficient (Wildman–Crippen LogP) is 2.84. The molecule has 1 aliphatic rings. The van der Waals surface area contributed by atoms with Crippen LogP contribution in [-0.2, 0) is 0 Å². The van der Waals surface area contributed by atoms with E-state index in [-0.39, 0.29) is 6.61 Å². The summed E-state index contributed by atoms with van der Waals surface area (Å²) in [6, 6.07) is 0. The van der Waals surface area contributed by atoms with Crippen molar-refractivity contribution in [3.63, 3.8) is 0 Å². The van der Waals surface area contributed by atoms with Crippen molar-refractivity contribution in [3.8, 4) is 0 Å². The zero-order valence-electron chi connectivity index (χ0n) is 8.24. The third-order valence-electron chi connectivity index (χ3n) is 2.22. The Labute approximate surface area is 80.5 Å². The Morgan fingerprint density at radius 2 is 2.46 bits per heavy atom. The molecule has 1 heteroatoms. The molecular formula is C12H18O. The standard InChI is InChI=1S/C12H18O/c1-2-3-4-5-11-6-8-12(10-13)9-7-11/h4-8,12-13H,2-3,9-10H2,1H3/b5-4-. The van der Waals surface area contributed by atoms with Crippen molar-refractivity contribution in [1.29, 1.82) is 0 Å². The molecule has 1 nitrogen and oxygen atoms in total. The van der Waals surface area contributed by atoms with Crippen molar-refractivity contribution >= 4 is 0 Å². The van der Waals surface area contributed by atoms with Gasteiger partial charge in [-0.25, -0.2) is 0 Å². The normalized spacial score (nSPS) is 22.3. The largest absolute Gasteiger partial charge is 0.396 e. The third kappa shape index (κ3) is 3.60. The number of rotatable bonds is 4. The van der Waals surface area contributed by atoms with E-state index in [0.717, 1.165) is 12.8 Å². The van der Waals surface area contributed by atoms with E-state index >= 15 is 0 Å². The Morgan fingerprint density at radius 3 is 3.00 bits per heavy atom. The quantitative estimate of drug-likeness (QED) is 0.701. The molecule has 0 amide bonds. The molecule has 13 heavy (non-hydrogen) atoms. The number of unbranched alkanes of at least 4 members (excludes halogenated alkanes) is 1. The first-order valence-electron chi connectivity index (χ1n) is 5.02. The highest BCUT2D eigenvalue weighted by Crippen LogP contribution is 2.16. The Hall–Kier alpha value is -0.820. The average Bonchev–Trinajstić information content (AvgIpc) is 2.19. The molecule has 0 aromatic heterocycles. The van der Waals surface area contributed by atoms with Gasteiger partial charge in [0.1, 0.15) is 0 Å². The van der Waals surface area contributed by atoms with Crippen LogP contribution in [0.5, 0.6) is 0 Å². The predicted molar refractivity (Wildman–Crippen MR) is 56.5 cm³/mol. The first-order chi connectivity index (χ1) is 6.36. The van der Waals surface area contributed by atoms with Crippen molar-refractivity contribution in [2.24, 2.45) is 5.92 Å². The maximum Gasteiger partial charge on any atom is 0.0496 e. The minimum Gasteiger partial charge on any atom is -0.396 e. The summed E-state index contributed by atoms with van der Waals surface area (Å²) in [4.78, 5) is 0. The van der Waals surface area contributed by atoms with Gasteiger partial charge in [0.15, 0.2) is 0 Å². The molecule has 0 heterocycles. The summed E-state index contributed by atoms with van der Waals surface area (Å²) in [6.07, 6.45) is 14.1. The number of allylic oxidation sites excluding steroid dienone is 5. The lowest BCUT2D eigenvalue weighted by molar-refractivity contribution is 0.253. The van der Waals surface area contributed by atoms with Crippen molar-refractivity contribution in [2.75, 3.05) is 6.61 Å². The first kappa shape index (κ1) is 10.3. The monoisotopic (exact) mass is 178 g/mol. The van der Waals surface area contributed by atoms with Gasteiger partial charge >= 0.3 is 0 Å². The molecule has 0 saturated heterocycles. The number of aliphatic hydroxyl groups is 1. The maximum absolute atomic E-state index is 8.89. The highest BCUT2D eigenvalue weighted by Gasteiger charge is 2.04. The summed E-state index contributed by atoms with van der Waals surface area (Å²) in [6.45, 7) is 2.44. The zero-order chi connectivity index (χ0) is 9.52. The van der Waals surface area contributed by atoms with E-state index in [0.29, 0.717) is 5.92 Å². The van der Waals surface area contributed by atoms with Crippen molar-refractivity contribution in [1.82, 2.24) is 0 Å². The van der Waals surface area contributed by atoms with Gasteiger partial charge in [-0.1, -0.05) is 43.7 Å². The highest BCUT2D eigenvalue weighted by atomic mass is 16.3. The Kier molecular flexibility index (Phi) is 4.55. The second kappa shape index (κ2) is 5.76. The molecule has 72 valence electrons. The minimum absolute atomic E-state index is 0.263. The van der Waals surface area contributed by atoms with E-state index in [1.54, 1.807) is 0 Å². The van der Waals surface area contributed by atoms with Gasteiger partial charge in [0.2, 0.25) is 0 Å². The molecule has 0 aromatic carbocycles. The minimum atomic E-state index is 0.263. The average molecular weight is 178 g/mol. The lowest BCUT2D eigenvalue weighted by Gasteiger charge is -2.11. The van der Waals surface area contributed by atoms with E-state index < -0.39 is 0 Å². The Morgan fingerprint density at radius 1 is 1.62 bits per heavy atom. The van der Waals surface area contributed by atoms with Crippen molar-refractivity contribution in [3.05, 3.63) is 36.0 Å². The van der Waals surface area contributed by atoms with E-state index in [4.69, 9.17) is 5.11 Å². The molecule has 1 rings (SSSR count). The van der Waals surface area contributed by atoms with Gasteiger partial charge in [0.05, 0.1) is 0 Å². The fourth-order valence-corrected chi connectivity index (χ4v) is 1.33. The topological polar surface area (TPSA) is 20.2 Å². The van der Waals surface area contributed by atoms with Crippen LogP contribution in [0, 0.1) is 5.92 Å². The zero-order valence-corrected chi connectivity index (χ0v) is 8.24.